The number of anilines is 1. The van der Waals surface area contributed by atoms with Crippen molar-refractivity contribution in [2.45, 2.75) is 31.2 Å². The van der Waals surface area contributed by atoms with Crippen LogP contribution < -0.4 is 11.1 Å². The molecule has 3 N–H and O–H groups in total. The van der Waals surface area contributed by atoms with Crippen LogP contribution in [0.5, 0.6) is 0 Å². The Morgan fingerprint density at radius 3 is 2.65 bits per heavy atom. The lowest BCUT2D eigenvalue weighted by Gasteiger charge is -2.37. The summed E-state index contributed by atoms with van der Waals surface area (Å²) in [6.45, 7) is 0. The Hall–Kier alpha value is -2.14. The summed E-state index contributed by atoms with van der Waals surface area (Å²) in [5.41, 5.74) is 7.54. The third-order valence-corrected chi connectivity index (χ3v) is 3.78. The minimum atomic E-state index is -0.279. The fourth-order valence-corrected chi connectivity index (χ4v) is 2.45. The number of aromatic nitrogens is 2. The van der Waals surface area contributed by atoms with Gasteiger partial charge in [0, 0.05) is 30.0 Å². The molecular weight excluding hydrogens is 252 g/mol. The summed E-state index contributed by atoms with van der Waals surface area (Å²) in [5, 5.41) is 7.05. The van der Waals surface area contributed by atoms with Gasteiger partial charge < -0.3 is 11.1 Å². The molecule has 2 aromatic rings. The first kappa shape index (κ1) is 12.9. The van der Waals surface area contributed by atoms with Crippen molar-refractivity contribution < 1.29 is 4.79 Å². The molecular formula is C15H18N4O. The Labute approximate surface area is 117 Å². The lowest BCUT2D eigenvalue weighted by atomic mass is 9.75. The summed E-state index contributed by atoms with van der Waals surface area (Å²) in [7, 11) is 0. The van der Waals surface area contributed by atoms with Gasteiger partial charge in [-0.2, -0.15) is 5.10 Å². The molecule has 0 spiro atoms. The van der Waals surface area contributed by atoms with Gasteiger partial charge in [0.05, 0.1) is 5.69 Å². The van der Waals surface area contributed by atoms with Gasteiger partial charge in [0.25, 0.3) is 0 Å². The first-order valence-electron chi connectivity index (χ1n) is 6.84. The Kier molecular flexibility index (Phi) is 3.28. The van der Waals surface area contributed by atoms with Gasteiger partial charge in [-0.3, -0.25) is 4.79 Å². The number of nitrogens with one attached hydrogen (secondary N) is 1. The molecule has 0 unspecified atom stereocenters. The molecule has 0 bridgehead atoms. The van der Waals surface area contributed by atoms with E-state index in [4.69, 9.17) is 5.73 Å². The number of amides is 1. The van der Waals surface area contributed by atoms with E-state index in [1.54, 1.807) is 10.9 Å². The number of carbonyl (C=O) groups is 1. The lowest BCUT2D eigenvalue weighted by molar-refractivity contribution is -0.118. The maximum absolute atomic E-state index is 11.9. The van der Waals surface area contributed by atoms with Gasteiger partial charge in [-0.25, -0.2) is 4.68 Å². The van der Waals surface area contributed by atoms with Crippen LogP contribution in [-0.4, -0.2) is 21.2 Å². The highest BCUT2D eigenvalue weighted by molar-refractivity contribution is 5.91. The minimum Gasteiger partial charge on any atom is -0.326 e. The molecule has 5 nitrogen and oxygen atoms in total. The molecule has 1 aromatic heterocycles. The zero-order chi connectivity index (χ0) is 14.0. The fourth-order valence-electron chi connectivity index (χ4n) is 2.45. The number of hydrogen-bond donors (Lipinski definition) is 2. The van der Waals surface area contributed by atoms with Gasteiger partial charge in [-0.05, 0) is 49.6 Å². The third kappa shape index (κ3) is 2.72. The molecule has 1 heterocycles. The first-order valence-corrected chi connectivity index (χ1v) is 6.84. The van der Waals surface area contributed by atoms with Crippen LogP contribution in [-0.2, 0) is 4.79 Å². The van der Waals surface area contributed by atoms with Gasteiger partial charge in [0.2, 0.25) is 5.91 Å². The second kappa shape index (κ2) is 5.09. The molecule has 1 aliphatic rings. The van der Waals surface area contributed by atoms with E-state index in [0.29, 0.717) is 6.42 Å². The van der Waals surface area contributed by atoms with Gasteiger partial charge >= 0.3 is 0 Å². The van der Waals surface area contributed by atoms with E-state index in [9.17, 15) is 4.79 Å². The Balaban J connectivity index is 1.62. The van der Waals surface area contributed by atoms with E-state index in [0.717, 1.165) is 30.6 Å². The normalized spacial score (nSPS) is 16.4. The van der Waals surface area contributed by atoms with Crippen LogP contribution in [0.2, 0.25) is 0 Å². The van der Waals surface area contributed by atoms with E-state index in [-0.39, 0.29) is 11.4 Å². The van der Waals surface area contributed by atoms with Crippen LogP contribution in [0.4, 0.5) is 5.69 Å². The van der Waals surface area contributed by atoms with Crippen LogP contribution in [0.1, 0.15) is 25.7 Å². The van der Waals surface area contributed by atoms with Crippen molar-refractivity contribution in [2.75, 3.05) is 5.32 Å². The molecule has 1 aromatic carbocycles. The topological polar surface area (TPSA) is 72.9 Å². The molecule has 1 saturated carbocycles. The number of carbonyl (C=O) groups excluding carboxylic acids is 1. The average Bonchev–Trinajstić information content (AvgIpc) is 2.91. The Morgan fingerprint density at radius 2 is 2.10 bits per heavy atom. The predicted molar refractivity (Wildman–Crippen MR) is 77.6 cm³/mol. The highest BCUT2D eigenvalue weighted by Crippen LogP contribution is 2.32. The monoisotopic (exact) mass is 270 g/mol. The summed E-state index contributed by atoms with van der Waals surface area (Å²) in [4.78, 5) is 11.9. The zero-order valence-corrected chi connectivity index (χ0v) is 11.2. The summed E-state index contributed by atoms with van der Waals surface area (Å²) < 4.78 is 1.77. The fraction of sp³-hybridized carbons (Fsp3) is 0.333. The average molecular weight is 270 g/mol. The van der Waals surface area contributed by atoms with Crippen molar-refractivity contribution in [3.05, 3.63) is 42.7 Å². The Morgan fingerprint density at radius 1 is 1.35 bits per heavy atom. The maximum Gasteiger partial charge on any atom is 0.226 e. The van der Waals surface area contributed by atoms with E-state index in [1.165, 1.54) is 0 Å². The van der Waals surface area contributed by atoms with Gasteiger partial charge in [-0.1, -0.05) is 0 Å². The summed E-state index contributed by atoms with van der Waals surface area (Å²) in [6, 6.07) is 9.46. The number of nitrogens with zero attached hydrogens (tertiary/aromatic N) is 2. The predicted octanol–water partition coefficient (Wildman–Crippen LogP) is 2.08. The molecule has 1 amide bonds. The van der Waals surface area contributed by atoms with Crippen molar-refractivity contribution in [3.8, 4) is 5.69 Å². The Bertz CT molecular complexity index is 585. The highest BCUT2D eigenvalue weighted by Gasteiger charge is 2.34. The summed E-state index contributed by atoms with van der Waals surface area (Å²) >= 11 is 0. The molecule has 1 aliphatic carbocycles. The molecule has 1 fully saturated rings. The van der Waals surface area contributed by atoms with Crippen LogP contribution in [0.3, 0.4) is 0 Å². The van der Waals surface area contributed by atoms with Crippen LogP contribution in [0.15, 0.2) is 42.7 Å². The summed E-state index contributed by atoms with van der Waals surface area (Å²) in [5.74, 6) is -0.0148. The van der Waals surface area contributed by atoms with Crippen LogP contribution in [0.25, 0.3) is 5.69 Å². The second-order valence-electron chi connectivity index (χ2n) is 5.44. The SMILES string of the molecule is NC1(CC(=O)Nc2ccc(-n3cccn3)cc2)CCC1. The number of nitrogens with two attached hydrogens (primary N) is 1. The molecule has 0 saturated heterocycles. The van der Waals surface area contributed by atoms with E-state index in [2.05, 4.69) is 10.4 Å². The van der Waals surface area contributed by atoms with Gasteiger partial charge in [0.15, 0.2) is 0 Å². The number of hydrogen-bond acceptors (Lipinski definition) is 3. The van der Waals surface area contributed by atoms with Crippen molar-refractivity contribution in [1.29, 1.82) is 0 Å². The third-order valence-electron chi connectivity index (χ3n) is 3.78. The van der Waals surface area contributed by atoms with Crippen molar-refractivity contribution >= 4 is 11.6 Å². The molecule has 20 heavy (non-hydrogen) atoms. The molecule has 0 atom stereocenters. The van der Waals surface area contributed by atoms with Crippen LogP contribution in [0, 0.1) is 0 Å². The van der Waals surface area contributed by atoms with Crippen molar-refractivity contribution in [2.24, 2.45) is 5.73 Å². The quantitative estimate of drug-likeness (QED) is 0.893. The highest BCUT2D eigenvalue weighted by atomic mass is 16.1. The molecule has 0 radical (unpaired) electrons. The van der Waals surface area contributed by atoms with Crippen molar-refractivity contribution in [1.82, 2.24) is 9.78 Å². The molecule has 5 heteroatoms. The molecule has 0 aliphatic heterocycles. The minimum absolute atomic E-state index is 0.0148. The zero-order valence-electron chi connectivity index (χ0n) is 11.2. The smallest absolute Gasteiger partial charge is 0.226 e. The standard InChI is InChI=1S/C15H18N4O/c16-15(7-1-8-15)11-14(20)18-12-3-5-13(6-4-12)19-10-2-9-17-19/h2-6,9-10H,1,7-8,11,16H2,(H,18,20). The second-order valence-corrected chi connectivity index (χ2v) is 5.44. The first-order chi connectivity index (χ1) is 9.65. The van der Waals surface area contributed by atoms with Gasteiger partial charge in [0.1, 0.15) is 0 Å². The van der Waals surface area contributed by atoms with E-state index >= 15 is 0 Å². The lowest BCUT2D eigenvalue weighted by Crippen LogP contribution is -2.48. The summed E-state index contributed by atoms with van der Waals surface area (Å²) in [6.07, 6.45) is 7.02. The molecule has 104 valence electrons. The number of rotatable bonds is 4. The van der Waals surface area contributed by atoms with Gasteiger partial charge in [-0.15, -0.1) is 0 Å². The van der Waals surface area contributed by atoms with Crippen molar-refractivity contribution in [3.63, 3.8) is 0 Å². The number of benzene rings is 1. The maximum atomic E-state index is 11.9. The van der Waals surface area contributed by atoms with E-state index < -0.39 is 0 Å². The molecule has 3 rings (SSSR count). The largest absolute Gasteiger partial charge is 0.326 e. The van der Waals surface area contributed by atoms with Crippen LogP contribution >= 0.6 is 0 Å². The van der Waals surface area contributed by atoms with E-state index in [1.807, 2.05) is 36.5 Å².